The van der Waals surface area contributed by atoms with Gasteiger partial charge in [-0.25, -0.2) is 0 Å². The van der Waals surface area contributed by atoms with Crippen molar-refractivity contribution in [2.24, 2.45) is 34.5 Å². The van der Waals surface area contributed by atoms with Gasteiger partial charge in [-0.1, -0.05) is 125 Å². The zero-order valence-electron chi connectivity index (χ0n) is 28.6. The Morgan fingerprint density at radius 1 is 0.900 bits per heavy atom. The maximum atomic E-state index is 12.3. The van der Waals surface area contributed by atoms with Crippen LogP contribution in [-0.4, -0.2) is 22.9 Å². The molecule has 0 spiro atoms. The van der Waals surface area contributed by atoms with Crippen LogP contribution in [0.1, 0.15) is 158 Å². The van der Waals surface area contributed by atoms with E-state index in [4.69, 9.17) is 0 Å². The van der Waals surface area contributed by atoms with Crippen LogP contribution in [0.15, 0.2) is 30.3 Å². The fourth-order valence-corrected chi connectivity index (χ4v) is 8.85. The summed E-state index contributed by atoms with van der Waals surface area (Å²) in [5, 5.41) is 0. The van der Waals surface area contributed by atoms with Gasteiger partial charge in [0.05, 0.1) is 0 Å². The van der Waals surface area contributed by atoms with Crippen LogP contribution in [0, 0.1) is 34.5 Å². The third-order valence-electron chi connectivity index (χ3n) is 9.92. The van der Waals surface area contributed by atoms with Gasteiger partial charge in [-0.3, -0.25) is 4.79 Å². The maximum absolute atomic E-state index is 12.3. The Morgan fingerprint density at radius 3 is 2.08 bits per heavy atom. The zero-order chi connectivity index (χ0) is 30.1. The maximum Gasteiger partial charge on any atom is 0.225 e. The molecule has 0 N–H and O–H groups in total. The number of carbonyl (C=O) groups excluding carboxylic acids is 1. The number of likely N-dealkylation sites (tertiary alicyclic amines) is 1. The van der Waals surface area contributed by atoms with Gasteiger partial charge in [0.15, 0.2) is 0 Å². The summed E-state index contributed by atoms with van der Waals surface area (Å²) in [5.74, 6) is 3.81. The van der Waals surface area contributed by atoms with E-state index in [1.54, 1.807) is 5.56 Å². The first-order valence-corrected chi connectivity index (χ1v) is 17.0. The highest BCUT2D eigenvalue weighted by molar-refractivity contribution is 5.79. The average molecular weight is 554 g/mol. The smallest absolute Gasteiger partial charge is 0.225 e. The van der Waals surface area contributed by atoms with Gasteiger partial charge in [-0.15, -0.1) is 0 Å². The minimum atomic E-state index is 0.133. The Balaban J connectivity index is 0.000000229. The van der Waals surface area contributed by atoms with Gasteiger partial charge in [0.2, 0.25) is 5.91 Å². The van der Waals surface area contributed by atoms with Crippen molar-refractivity contribution in [2.45, 2.75) is 158 Å². The summed E-state index contributed by atoms with van der Waals surface area (Å²) in [7, 11) is 0. The van der Waals surface area contributed by atoms with E-state index in [0.717, 1.165) is 30.2 Å². The molecule has 2 bridgehead atoms. The largest absolute Gasteiger partial charge is 0.337 e. The van der Waals surface area contributed by atoms with Crippen molar-refractivity contribution in [1.29, 1.82) is 0 Å². The fraction of sp³-hybridized carbons (Fsp3) is 0.816. The van der Waals surface area contributed by atoms with Crippen LogP contribution in [0.5, 0.6) is 0 Å². The van der Waals surface area contributed by atoms with E-state index in [1.807, 2.05) is 13.8 Å². The summed E-state index contributed by atoms with van der Waals surface area (Å²) in [6.07, 6.45) is 14.7. The summed E-state index contributed by atoms with van der Waals surface area (Å²) in [5.41, 5.74) is 2.64. The predicted octanol–water partition coefficient (Wildman–Crippen LogP) is 11.3. The summed E-state index contributed by atoms with van der Waals surface area (Å²) in [4.78, 5) is 14.4. The van der Waals surface area contributed by atoms with Gasteiger partial charge in [0.1, 0.15) is 0 Å². The minimum absolute atomic E-state index is 0.133. The van der Waals surface area contributed by atoms with Crippen molar-refractivity contribution in [3.8, 4) is 0 Å². The van der Waals surface area contributed by atoms with Gasteiger partial charge in [0, 0.05) is 18.0 Å². The molecule has 4 rings (SSSR count). The Labute approximate surface area is 250 Å². The lowest BCUT2D eigenvalue weighted by atomic mass is 9.63. The topological polar surface area (TPSA) is 20.3 Å². The number of hydrogen-bond acceptors (Lipinski definition) is 1. The summed E-state index contributed by atoms with van der Waals surface area (Å²) in [6, 6.07) is 11.1. The first-order chi connectivity index (χ1) is 18.7. The van der Waals surface area contributed by atoms with E-state index in [9.17, 15) is 4.79 Å². The normalized spacial score (nSPS) is 33.2. The average Bonchev–Trinajstić information content (AvgIpc) is 3.06. The van der Waals surface area contributed by atoms with Gasteiger partial charge >= 0.3 is 0 Å². The molecule has 3 aliphatic rings. The molecule has 0 radical (unpaired) electrons. The van der Waals surface area contributed by atoms with E-state index >= 15 is 0 Å². The lowest BCUT2D eigenvalue weighted by Crippen LogP contribution is -2.47. The van der Waals surface area contributed by atoms with Crippen LogP contribution in [-0.2, 0) is 4.79 Å². The molecule has 2 saturated carbocycles. The van der Waals surface area contributed by atoms with E-state index in [0.29, 0.717) is 16.7 Å². The Bertz CT molecular complexity index is 877. The molecule has 230 valence electrons. The van der Waals surface area contributed by atoms with Crippen LogP contribution >= 0.6 is 0 Å². The second kappa shape index (κ2) is 15.2. The number of carbonyl (C=O) groups is 1. The van der Waals surface area contributed by atoms with Crippen molar-refractivity contribution in [3.05, 3.63) is 35.9 Å². The van der Waals surface area contributed by atoms with Gasteiger partial charge in [-0.2, -0.15) is 0 Å². The molecular formula is C38H67NO. The second-order valence-corrected chi connectivity index (χ2v) is 16.0. The van der Waals surface area contributed by atoms with Crippen molar-refractivity contribution >= 4 is 5.91 Å². The predicted molar refractivity (Wildman–Crippen MR) is 176 cm³/mol. The summed E-state index contributed by atoms with van der Waals surface area (Å²) >= 11 is 0. The molecule has 1 aromatic carbocycles. The minimum Gasteiger partial charge on any atom is -0.337 e. The molecule has 40 heavy (non-hydrogen) atoms. The molecule has 3 fully saturated rings. The first-order valence-electron chi connectivity index (χ1n) is 17.0. The molecule has 6 unspecified atom stereocenters. The fourth-order valence-electron chi connectivity index (χ4n) is 8.85. The van der Waals surface area contributed by atoms with Crippen LogP contribution in [0.4, 0.5) is 0 Å². The lowest BCUT2D eigenvalue weighted by Gasteiger charge is -2.42. The Kier molecular flexibility index (Phi) is 13.3. The molecule has 2 heteroatoms. The molecule has 2 aliphatic carbocycles. The highest BCUT2D eigenvalue weighted by Crippen LogP contribution is 2.53. The van der Waals surface area contributed by atoms with Crippen molar-refractivity contribution in [3.63, 3.8) is 0 Å². The van der Waals surface area contributed by atoms with Gasteiger partial charge in [-0.05, 0) is 91.9 Å². The number of rotatable bonds is 7. The molecule has 1 amide bonds. The number of nitrogens with zero attached hydrogens (tertiary/aromatic N) is 1. The quantitative estimate of drug-likeness (QED) is 0.329. The van der Waals surface area contributed by atoms with Crippen LogP contribution < -0.4 is 0 Å². The SMILES string of the molecule is CC1CC2(C)CN(C(=O)C(C)C)C(C)(C1)C2.CCCC1(C)CC(C)CC(c2ccccc2)C1.CCCCC(C)C. The Morgan fingerprint density at radius 2 is 1.55 bits per heavy atom. The van der Waals surface area contributed by atoms with Crippen molar-refractivity contribution in [1.82, 2.24) is 4.90 Å². The number of unbranched alkanes of at least 4 members (excludes halogenated alkanes) is 1. The van der Waals surface area contributed by atoms with E-state index in [2.05, 4.69) is 97.5 Å². The zero-order valence-corrected chi connectivity index (χ0v) is 28.6. The molecule has 0 aromatic heterocycles. The van der Waals surface area contributed by atoms with Crippen LogP contribution in [0.3, 0.4) is 0 Å². The molecule has 2 nitrogen and oxygen atoms in total. The van der Waals surface area contributed by atoms with Crippen molar-refractivity contribution < 1.29 is 4.79 Å². The van der Waals surface area contributed by atoms with Crippen molar-refractivity contribution in [2.75, 3.05) is 6.54 Å². The van der Waals surface area contributed by atoms with Crippen LogP contribution in [0.25, 0.3) is 0 Å². The third kappa shape index (κ3) is 10.2. The molecule has 6 atom stereocenters. The number of hydrogen-bond donors (Lipinski definition) is 0. The standard InChI is InChI=1S/C17H26.C14H25NO.C7H16/c1-4-10-17(3)12-14(2)11-16(13-17)15-8-6-5-7-9-15;1-10(2)12(16)15-9-13(4)6-11(3)7-14(15,5)8-13;1-4-5-6-7(2)3/h5-9,14,16H,4,10-13H2,1-3H3;10-11H,6-9H2,1-5H3;7H,4-6H2,1-3H3. The van der Waals surface area contributed by atoms with Crippen LogP contribution in [0.2, 0.25) is 0 Å². The molecule has 1 saturated heterocycles. The molecule has 1 aromatic rings. The molecule has 1 heterocycles. The number of benzene rings is 1. The van der Waals surface area contributed by atoms with E-state index in [-0.39, 0.29) is 11.5 Å². The molecular weight excluding hydrogens is 486 g/mol. The Hall–Kier alpha value is -1.31. The third-order valence-corrected chi connectivity index (χ3v) is 9.92. The van der Waals surface area contributed by atoms with Gasteiger partial charge in [0.25, 0.3) is 0 Å². The highest BCUT2D eigenvalue weighted by atomic mass is 16.2. The first kappa shape index (κ1) is 34.9. The number of amides is 1. The highest BCUT2D eigenvalue weighted by Gasteiger charge is 2.54. The monoisotopic (exact) mass is 554 g/mol. The van der Waals surface area contributed by atoms with Gasteiger partial charge < -0.3 is 4.90 Å². The van der Waals surface area contributed by atoms with E-state index < -0.39 is 0 Å². The number of fused-ring (bicyclic) bond motifs is 2. The lowest BCUT2D eigenvalue weighted by molar-refractivity contribution is -0.138. The molecule has 1 aliphatic heterocycles. The van der Waals surface area contributed by atoms with E-state index in [1.165, 1.54) is 70.6 Å². The summed E-state index contributed by atoms with van der Waals surface area (Å²) < 4.78 is 0. The second-order valence-electron chi connectivity index (χ2n) is 16.0. The summed E-state index contributed by atoms with van der Waals surface area (Å²) in [6.45, 7) is 26.0.